The number of Topliss-reactive ketones (excluding diaryl/α,β-unsaturated/α-hetero) is 1. The predicted molar refractivity (Wildman–Crippen MR) is 163 cm³/mol. The molecule has 0 unspecified atom stereocenters. The molecule has 1 amide bonds. The Bertz CT molecular complexity index is 1480. The number of carbonyl (C=O) groups is 2. The van der Waals surface area contributed by atoms with E-state index in [1.54, 1.807) is 35.2 Å². The third kappa shape index (κ3) is 6.46. The molecule has 0 aromatic heterocycles. The van der Waals surface area contributed by atoms with E-state index in [0.29, 0.717) is 73.6 Å². The lowest BCUT2D eigenvalue weighted by Crippen LogP contribution is -2.38. The maximum Gasteiger partial charge on any atom is 0.295 e. The third-order valence-electron chi connectivity index (χ3n) is 7.73. The Balaban J connectivity index is 1.56. The van der Waals surface area contributed by atoms with Gasteiger partial charge in [-0.2, -0.15) is 0 Å². The van der Waals surface area contributed by atoms with Crippen LogP contribution in [0.5, 0.6) is 23.0 Å². The standard InChI is InChI=1S/C34H38N2O7/c1-4-35(5-2)16-17-36-31(24-12-14-27(28(20-24)40-6-3)43-22-23-10-8-7-9-11-23)30(33(38)34(36)39)32(37)25-13-15-26-29(21-25)42-19-18-41-26/h7-15,20-21,31,37H,4-6,16-19,22H2,1-3H3/b32-30+/t31-/m0/s1. The van der Waals surface area contributed by atoms with Crippen molar-refractivity contribution >= 4 is 17.4 Å². The average Bonchev–Trinajstić information content (AvgIpc) is 3.29. The molecule has 1 atom stereocenters. The molecule has 0 aliphatic carbocycles. The van der Waals surface area contributed by atoms with Crippen LogP contribution < -0.4 is 18.9 Å². The van der Waals surface area contributed by atoms with Crippen molar-refractivity contribution in [3.05, 3.63) is 89.0 Å². The van der Waals surface area contributed by atoms with Crippen LogP contribution in [0, 0.1) is 0 Å². The lowest BCUT2D eigenvalue weighted by molar-refractivity contribution is -0.140. The smallest absolute Gasteiger partial charge is 0.295 e. The van der Waals surface area contributed by atoms with E-state index >= 15 is 0 Å². The van der Waals surface area contributed by atoms with Crippen molar-refractivity contribution in [2.24, 2.45) is 0 Å². The third-order valence-corrected chi connectivity index (χ3v) is 7.73. The molecule has 9 nitrogen and oxygen atoms in total. The summed E-state index contributed by atoms with van der Waals surface area (Å²) in [7, 11) is 0. The van der Waals surface area contributed by atoms with Crippen LogP contribution in [0.15, 0.2) is 72.3 Å². The van der Waals surface area contributed by atoms with E-state index in [1.165, 1.54) is 0 Å². The number of aliphatic hydroxyl groups is 1. The number of amides is 1. The topological polar surface area (TPSA) is 97.8 Å². The first-order valence-electron chi connectivity index (χ1n) is 14.8. The minimum Gasteiger partial charge on any atom is -0.507 e. The summed E-state index contributed by atoms with van der Waals surface area (Å²) in [6.07, 6.45) is 0. The summed E-state index contributed by atoms with van der Waals surface area (Å²) in [4.78, 5) is 30.8. The molecule has 2 aliphatic rings. The van der Waals surface area contributed by atoms with E-state index in [9.17, 15) is 14.7 Å². The summed E-state index contributed by atoms with van der Waals surface area (Å²) in [5.74, 6) is 0.407. The van der Waals surface area contributed by atoms with Crippen LogP contribution >= 0.6 is 0 Å². The van der Waals surface area contributed by atoms with Gasteiger partial charge >= 0.3 is 0 Å². The van der Waals surface area contributed by atoms with Crippen LogP contribution in [0.3, 0.4) is 0 Å². The van der Waals surface area contributed by atoms with Crippen LogP contribution in [0.2, 0.25) is 0 Å². The van der Waals surface area contributed by atoms with Gasteiger partial charge in [-0.3, -0.25) is 9.59 Å². The molecule has 1 saturated heterocycles. The van der Waals surface area contributed by atoms with Crippen LogP contribution in [-0.4, -0.2) is 72.6 Å². The second-order valence-electron chi connectivity index (χ2n) is 10.3. The number of likely N-dealkylation sites (N-methyl/N-ethyl adjacent to an activating group) is 1. The largest absolute Gasteiger partial charge is 0.507 e. The highest BCUT2D eigenvalue weighted by molar-refractivity contribution is 6.46. The summed E-state index contributed by atoms with van der Waals surface area (Å²) < 4.78 is 23.4. The van der Waals surface area contributed by atoms with Gasteiger partial charge in [0.15, 0.2) is 23.0 Å². The molecule has 226 valence electrons. The van der Waals surface area contributed by atoms with Gasteiger partial charge < -0.3 is 33.9 Å². The van der Waals surface area contributed by atoms with Gasteiger partial charge in [0, 0.05) is 18.7 Å². The Kier molecular flexibility index (Phi) is 9.51. The van der Waals surface area contributed by atoms with Gasteiger partial charge in [0.1, 0.15) is 25.6 Å². The highest BCUT2D eigenvalue weighted by Crippen LogP contribution is 2.43. The second kappa shape index (κ2) is 13.6. The highest BCUT2D eigenvalue weighted by atomic mass is 16.6. The van der Waals surface area contributed by atoms with Gasteiger partial charge in [0.25, 0.3) is 11.7 Å². The molecule has 0 spiro atoms. The van der Waals surface area contributed by atoms with Gasteiger partial charge in [0.05, 0.1) is 18.2 Å². The minimum atomic E-state index is -0.828. The monoisotopic (exact) mass is 586 g/mol. The number of nitrogens with zero attached hydrogens (tertiary/aromatic N) is 2. The second-order valence-corrected chi connectivity index (χ2v) is 10.3. The van der Waals surface area contributed by atoms with Crippen molar-refractivity contribution in [2.75, 3.05) is 46.0 Å². The molecule has 0 radical (unpaired) electrons. The fraction of sp³-hybridized carbons (Fsp3) is 0.353. The van der Waals surface area contributed by atoms with E-state index in [0.717, 1.165) is 18.7 Å². The van der Waals surface area contributed by atoms with Gasteiger partial charge in [0.2, 0.25) is 0 Å². The summed E-state index contributed by atoms with van der Waals surface area (Å²) in [5.41, 5.74) is 2.02. The van der Waals surface area contributed by atoms with Crippen LogP contribution in [0.4, 0.5) is 0 Å². The molecular formula is C34H38N2O7. The number of likely N-dealkylation sites (tertiary alicyclic amines) is 1. The molecule has 2 aliphatic heterocycles. The van der Waals surface area contributed by atoms with Crippen LogP contribution in [0.25, 0.3) is 5.76 Å². The van der Waals surface area contributed by atoms with E-state index < -0.39 is 17.7 Å². The number of benzene rings is 3. The van der Waals surface area contributed by atoms with Crippen molar-refractivity contribution in [3.63, 3.8) is 0 Å². The Morgan fingerprint density at radius 1 is 0.907 bits per heavy atom. The molecule has 1 fully saturated rings. The van der Waals surface area contributed by atoms with E-state index in [-0.39, 0.29) is 11.3 Å². The molecule has 43 heavy (non-hydrogen) atoms. The van der Waals surface area contributed by atoms with E-state index in [1.807, 2.05) is 43.3 Å². The van der Waals surface area contributed by atoms with E-state index in [2.05, 4.69) is 18.7 Å². The van der Waals surface area contributed by atoms with Gasteiger partial charge in [-0.15, -0.1) is 0 Å². The van der Waals surface area contributed by atoms with E-state index in [4.69, 9.17) is 18.9 Å². The number of fused-ring (bicyclic) bond motifs is 1. The van der Waals surface area contributed by atoms with Crippen molar-refractivity contribution in [1.29, 1.82) is 0 Å². The SMILES string of the molecule is CCOc1cc([C@H]2/C(=C(\O)c3ccc4c(c3)OCCO4)C(=O)C(=O)N2CCN(CC)CC)ccc1OCc1ccccc1. The lowest BCUT2D eigenvalue weighted by Gasteiger charge is -2.28. The maximum atomic E-state index is 13.6. The van der Waals surface area contributed by atoms with Crippen molar-refractivity contribution < 1.29 is 33.6 Å². The maximum absolute atomic E-state index is 13.6. The molecule has 2 heterocycles. The number of hydrogen-bond donors (Lipinski definition) is 1. The molecular weight excluding hydrogens is 548 g/mol. The normalized spacial score (nSPS) is 17.4. The van der Waals surface area contributed by atoms with Crippen molar-refractivity contribution in [3.8, 4) is 23.0 Å². The molecule has 1 N–H and O–H groups in total. The Hall–Kier alpha value is -4.50. The Labute approximate surface area is 252 Å². The van der Waals surface area contributed by atoms with Crippen molar-refractivity contribution in [2.45, 2.75) is 33.4 Å². The first-order valence-corrected chi connectivity index (χ1v) is 14.8. The summed E-state index contributed by atoms with van der Waals surface area (Å²) in [6.45, 7) is 10.1. The minimum absolute atomic E-state index is 0.0154. The summed E-state index contributed by atoms with van der Waals surface area (Å²) in [5, 5.41) is 11.6. The Morgan fingerprint density at radius 3 is 2.37 bits per heavy atom. The number of aliphatic hydroxyl groups excluding tert-OH is 1. The Morgan fingerprint density at radius 2 is 1.65 bits per heavy atom. The molecule has 3 aromatic rings. The number of hydrogen-bond acceptors (Lipinski definition) is 8. The number of rotatable bonds is 12. The first kappa shape index (κ1) is 30.0. The fourth-order valence-corrected chi connectivity index (χ4v) is 5.41. The molecule has 3 aromatic carbocycles. The molecule has 0 saturated carbocycles. The summed E-state index contributed by atoms with van der Waals surface area (Å²) >= 11 is 0. The van der Waals surface area contributed by atoms with Gasteiger partial charge in [-0.05, 0) is 61.5 Å². The van der Waals surface area contributed by atoms with Crippen LogP contribution in [-0.2, 0) is 16.2 Å². The number of ether oxygens (including phenoxy) is 4. The fourth-order valence-electron chi connectivity index (χ4n) is 5.41. The number of ketones is 1. The lowest BCUT2D eigenvalue weighted by atomic mass is 9.94. The van der Waals surface area contributed by atoms with Crippen molar-refractivity contribution in [1.82, 2.24) is 9.80 Å². The zero-order valence-corrected chi connectivity index (χ0v) is 24.9. The molecule has 5 rings (SSSR count). The molecule has 9 heteroatoms. The predicted octanol–water partition coefficient (Wildman–Crippen LogP) is 5.20. The van der Waals surface area contributed by atoms with Gasteiger partial charge in [-0.25, -0.2) is 0 Å². The first-order chi connectivity index (χ1) is 20.9. The molecule has 0 bridgehead atoms. The zero-order valence-electron chi connectivity index (χ0n) is 24.9. The quantitative estimate of drug-likeness (QED) is 0.176. The number of carbonyl (C=O) groups excluding carboxylic acids is 2. The highest BCUT2D eigenvalue weighted by Gasteiger charge is 2.46. The summed E-state index contributed by atoms with van der Waals surface area (Å²) in [6, 6.07) is 19.4. The zero-order chi connectivity index (χ0) is 30.3. The van der Waals surface area contributed by atoms with Gasteiger partial charge in [-0.1, -0.05) is 50.2 Å². The van der Waals surface area contributed by atoms with Crippen LogP contribution in [0.1, 0.15) is 43.5 Å². The average molecular weight is 587 g/mol.